The van der Waals surface area contributed by atoms with Crippen LogP contribution in [0.25, 0.3) is 33.5 Å². The smallest absolute Gasteiger partial charge is 0.254 e. The molecule has 1 amide bonds. The summed E-state index contributed by atoms with van der Waals surface area (Å²) in [5, 5.41) is 12.5. The van der Waals surface area contributed by atoms with E-state index in [2.05, 4.69) is 39.5 Å². The van der Waals surface area contributed by atoms with Crippen molar-refractivity contribution >= 4 is 27.8 Å². The first-order valence-electron chi connectivity index (χ1n) is 13.3. The molecule has 1 aliphatic carbocycles. The lowest BCUT2D eigenvalue weighted by molar-refractivity contribution is 0.0397. The highest BCUT2D eigenvalue weighted by Crippen LogP contribution is 2.42. The molecule has 2 aromatic heterocycles. The number of carbonyl (C=O) groups is 1. The summed E-state index contributed by atoms with van der Waals surface area (Å²) < 4.78 is 18.8. The number of imidazole rings is 1. The van der Waals surface area contributed by atoms with E-state index in [4.69, 9.17) is 10.7 Å². The fourth-order valence-electron chi connectivity index (χ4n) is 6.25. The first kappa shape index (κ1) is 22.9. The van der Waals surface area contributed by atoms with E-state index in [0.29, 0.717) is 42.1 Å². The van der Waals surface area contributed by atoms with Gasteiger partial charge in [-0.2, -0.15) is 0 Å². The molecule has 2 aliphatic heterocycles. The highest BCUT2D eigenvalue weighted by molar-refractivity contribution is 5.99. The molecule has 1 unspecified atom stereocenters. The molecule has 0 bridgehead atoms. The molecule has 4 heterocycles. The van der Waals surface area contributed by atoms with Crippen molar-refractivity contribution in [2.75, 3.05) is 13.1 Å². The van der Waals surface area contributed by atoms with Gasteiger partial charge < -0.3 is 24.9 Å². The van der Waals surface area contributed by atoms with Crippen molar-refractivity contribution in [2.45, 2.75) is 63.5 Å². The van der Waals surface area contributed by atoms with Gasteiger partial charge in [0.05, 0.1) is 28.9 Å². The minimum atomic E-state index is -1.13. The number of benzene rings is 2. The van der Waals surface area contributed by atoms with Crippen molar-refractivity contribution in [1.82, 2.24) is 19.0 Å². The van der Waals surface area contributed by atoms with Gasteiger partial charge in [0.2, 0.25) is 0 Å². The van der Waals surface area contributed by atoms with E-state index in [1.807, 2.05) is 0 Å². The van der Waals surface area contributed by atoms with Gasteiger partial charge in [-0.25, -0.2) is 9.37 Å². The average molecular weight is 502 g/mol. The number of alkyl halides is 1. The van der Waals surface area contributed by atoms with E-state index >= 15 is 0 Å². The minimum absolute atomic E-state index is 0.0389. The summed E-state index contributed by atoms with van der Waals surface area (Å²) in [6.07, 6.45) is 2.16. The molecule has 1 saturated carbocycles. The van der Waals surface area contributed by atoms with Crippen LogP contribution in [0.15, 0.2) is 42.5 Å². The number of amides is 1. The van der Waals surface area contributed by atoms with Gasteiger partial charge in [-0.15, -0.1) is 0 Å². The van der Waals surface area contributed by atoms with Gasteiger partial charge in [-0.1, -0.05) is 18.2 Å². The second kappa shape index (κ2) is 8.13. The standard InChI is InChI=1S/C29H32FN5O2/c1-29(37)8-9-34-26-22(29)10-19(28(36)33-15-20(30)13-21(31)16-33)11-23(26)32-27(34)25-12-18-4-2-3-5-24(18)35(25)14-17-6-7-17/h2-5,10-12,17,20-21,37H,6-9,13-16,31H2,1H3/t20-,21-,29?/m1/s1. The number of nitrogens with zero attached hydrogens (tertiary/aromatic N) is 4. The fourth-order valence-corrected chi connectivity index (χ4v) is 6.25. The summed E-state index contributed by atoms with van der Waals surface area (Å²) >= 11 is 0. The third-order valence-electron chi connectivity index (χ3n) is 8.39. The molecule has 2 aromatic carbocycles. The summed E-state index contributed by atoms with van der Waals surface area (Å²) in [7, 11) is 0. The van der Waals surface area contributed by atoms with Gasteiger partial charge in [0, 0.05) is 47.7 Å². The van der Waals surface area contributed by atoms with Crippen molar-refractivity contribution in [3.63, 3.8) is 0 Å². The van der Waals surface area contributed by atoms with Crippen LogP contribution in [-0.2, 0) is 18.7 Å². The fraction of sp³-hybridized carbons (Fsp3) is 0.448. The lowest BCUT2D eigenvalue weighted by Gasteiger charge is -2.34. The summed E-state index contributed by atoms with van der Waals surface area (Å²) in [5.41, 5.74) is 9.83. The number of likely N-dealkylation sites (tertiary alicyclic amines) is 1. The zero-order valence-corrected chi connectivity index (χ0v) is 21.0. The number of carbonyl (C=O) groups excluding carboxylic acids is 1. The maximum Gasteiger partial charge on any atom is 0.254 e. The van der Waals surface area contributed by atoms with Gasteiger partial charge in [0.1, 0.15) is 6.17 Å². The highest BCUT2D eigenvalue weighted by Gasteiger charge is 2.36. The summed E-state index contributed by atoms with van der Waals surface area (Å²) in [5.74, 6) is 1.28. The van der Waals surface area contributed by atoms with Crippen molar-refractivity contribution in [1.29, 1.82) is 0 Å². The van der Waals surface area contributed by atoms with Crippen molar-refractivity contribution in [2.24, 2.45) is 11.7 Å². The molecule has 7 nitrogen and oxygen atoms in total. The van der Waals surface area contributed by atoms with Crippen molar-refractivity contribution in [3.8, 4) is 11.5 Å². The van der Waals surface area contributed by atoms with Crippen LogP contribution in [0.2, 0.25) is 0 Å². The van der Waals surface area contributed by atoms with Gasteiger partial charge in [0.25, 0.3) is 5.91 Å². The van der Waals surface area contributed by atoms with Gasteiger partial charge in [-0.05, 0) is 62.8 Å². The predicted octanol–water partition coefficient (Wildman–Crippen LogP) is 4.19. The second-order valence-electron chi connectivity index (χ2n) is 11.4. The number of halogens is 1. The first-order chi connectivity index (χ1) is 17.8. The minimum Gasteiger partial charge on any atom is -0.385 e. The number of para-hydroxylation sites is 1. The molecule has 3 aliphatic rings. The number of aliphatic hydroxyl groups is 1. The molecule has 0 radical (unpaired) electrons. The summed E-state index contributed by atoms with van der Waals surface area (Å²) in [6.45, 7) is 3.75. The summed E-state index contributed by atoms with van der Waals surface area (Å²) in [4.78, 5) is 20.1. The van der Waals surface area contributed by atoms with E-state index in [-0.39, 0.29) is 24.9 Å². The van der Waals surface area contributed by atoms with E-state index in [0.717, 1.165) is 23.6 Å². The Labute approximate surface area is 214 Å². The number of piperidine rings is 1. The molecule has 1 saturated heterocycles. The molecule has 0 spiro atoms. The molecule has 37 heavy (non-hydrogen) atoms. The number of fused-ring (bicyclic) bond motifs is 1. The van der Waals surface area contributed by atoms with Crippen LogP contribution in [0.1, 0.15) is 48.5 Å². The molecule has 7 rings (SSSR count). The van der Waals surface area contributed by atoms with Crippen LogP contribution >= 0.6 is 0 Å². The maximum absolute atomic E-state index is 14.2. The van der Waals surface area contributed by atoms with Crippen LogP contribution in [0.3, 0.4) is 0 Å². The molecular formula is C29H32FN5O2. The second-order valence-corrected chi connectivity index (χ2v) is 11.4. The Kier molecular flexibility index (Phi) is 5.04. The zero-order chi connectivity index (χ0) is 25.5. The highest BCUT2D eigenvalue weighted by atomic mass is 19.1. The van der Waals surface area contributed by atoms with Crippen LogP contribution in [-0.4, -0.2) is 55.3 Å². The lowest BCUT2D eigenvalue weighted by atomic mass is 9.87. The number of hydrogen-bond donors (Lipinski definition) is 2. The van der Waals surface area contributed by atoms with Gasteiger partial charge in [-0.3, -0.25) is 4.79 Å². The van der Waals surface area contributed by atoms with E-state index < -0.39 is 11.8 Å². The van der Waals surface area contributed by atoms with Crippen LogP contribution < -0.4 is 5.73 Å². The molecule has 8 heteroatoms. The van der Waals surface area contributed by atoms with Crippen molar-refractivity contribution in [3.05, 3.63) is 53.6 Å². The molecule has 2 fully saturated rings. The van der Waals surface area contributed by atoms with Crippen LogP contribution in [0, 0.1) is 5.92 Å². The molecule has 3 N–H and O–H groups in total. The first-order valence-corrected chi connectivity index (χ1v) is 13.3. The van der Waals surface area contributed by atoms with Gasteiger partial charge >= 0.3 is 0 Å². The number of hydrogen-bond acceptors (Lipinski definition) is 4. The number of rotatable bonds is 4. The van der Waals surface area contributed by atoms with E-state index in [9.17, 15) is 14.3 Å². The number of aromatic nitrogens is 3. The monoisotopic (exact) mass is 501 g/mol. The largest absolute Gasteiger partial charge is 0.385 e. The third kappa shape index (κ3) is 3.77. The third-order valence-corrected chi connectivity index (χ3v) is 8.39. The van der Waals surface area contributed by atoms with Crippen LogP contribution in [0.4, 0.5) is 4.39 Å². The SMILES string of the molecule is CC1(O)CCn2c(-c3cc4ccccc4n3CC3CC3)nc3cc(C(=O)N4C[C@H](N)C[C@@H](F)C4)cc1c32. The quantitative estimate of drug-likeness (QED) is 0.439. The average Bonchev–Trinajstić information content (AvgIpc) is 3.50. The Morgan fingerprint density at radius 1 is 1.22 bits per heavy atom. The topological polar surface area (TPSA) is 89.3 Å². The zero-order valence-electron chi connectivity index (χ0n) is 21.0. The number of nitrogens with two attached hydrogens (primary N) is 1. The Balaban J connectivity index is 1.40. The normalized spacial score (nSPS) is 25.8. The Hall–Kier alpha value is -3.23. The predicted molar refractivity (Wildman–Crippen MR) is 141 cm³/mol. The Morgan fingerprint density at radius 2 is 2.03 bits per heavy atom. The van der Waals surface area contributed by atoms with E-state index in [1.54, 1.807) is 19.1 Å². The van der Waals surface area contributed by atoms with E-state index in [1.165, 1.54) is 28.6 Å². The molecule has 192 valence electrons. The molecule has 4 aromatic rings. The Bertz CT molecular complexity index is 1540. The molecular weight excluding hydrogens is 469 g/mol. The maximum atomic E-state index is 14.2. The van der Waals surface area contributed by atoms with Crippen molar-refractivity contribution < 1.29 is 14.3 Å². The molecule has 3 atom stereocenters. The lowest BCUT2D eigenvalue weighted by Crippen LogP contribution is -2.50. The Morgan fingerprint density at radius 3 is 2.81 bits per heavy atom. The number of aryl methyl sites for hydroxylation is 1. The summed E-state index contributed by atoms with van der Waals surface area (Å²) in [6, 6.07) is 13.8. The van der Waals surface area contributed by atoms with Gasteiger partial charge in [0.15, 0.2) is 5.82 Å². The van der Waals surface area contributed by atoms with Crippen LogP contribution in [0.5, 0.6) is 0 Å².